The smallest absolute Gasteiger partial charge is 0.183 e. The van der Waals surface area contributed by atoms with Crippen LogP contribution in [0, 0.1) is 0 Å². The molecular formula is C18H15ClN4S. The highest BCUT2D eigenvalue weighted by atomic mass is 35.5. The van der Waals surface area contributed by atoms with Crippen LogP contribution in [-0.2, 0) is 13.6 Å². The zero-order chi connectivity index (χ0) is 16.5. The molecule has 4 aromatic rings. The molecule has 0 amide bonds. The highest BCUT2D eigenvalue weighted by Crippen LogP contribution is 2.26. The van der Waals surface area contributed by atoms with Crippen molar-refractivity contribution in [2.45, 2.75) is 6.54 Å². The minimum absolute atomic E-state index is 0.569. The molecule has 2 aromatic heterocycles. The van der Waals surface area contributed by atoms with Gasteiger partial charge in [0, 0.05) is 29.4 Å². The average Bonchev–Trinajstić information content (AvgIpc) is 3.17. The van der Waals surface area contributed by atoms with Crippen molar-refractivity contribution in [2.24, 2.45) is 7.05 Å². The molecule has 0 spiro atoms. The van der Waals surface area contributed by atoms with Crippen molar-refractivity contribution in [3.63, 3.8) is 0 Å². The summed E-state index contributed by atoms with van der Waals surface area (Å²) in [5, 5.41) is 3.40. The fraction of sp³-hybridized carbons (Fsp3) is 0.111. The van der Waals surface area contributed by atoms with Crippen molar-refractivity contribution in [3.05, 3.63) is 64.1 Å². The Morgan fingerprint density at radius 3 is 2.75 bits per heavy atom. The first-order valence-corrected chi connectivity index (χ1v) is 8.76. The number of nitrogens with zero attached hydrogens (tertiary/aromatic N) is 3. The molecule has 0 aliphatic rings. The largest absolute Gasteiger partial charge is 0.380 e. The van der Waals surface area contributed by atoms with Crippen molar-refractivity contribution in [1.82, 2.24) is 14.5 Å². The normalized spacial score (nSPS) is 11.1. The predicted octanol–water partition coefficient (Wildman–Crippen LogP) is 4.96. The third-order valence-electron chi connectivity index (χ3n) is 3.90. The van der Waals surface area contributed by atoms with Gasteiger partial charge in [0.25, 0.3) is 0 Å². The van der Waals surface area contributed by atoms with E-state index < -0.39 is 0 Å². The predicted molar refractivity (Wildman–Crippen MR) is 101 cm³/mol. The van der Waals surface area contributed by atoms with Gasteiger partial charge in [-0.25, -0.2) is 9.97 Å². The first kappa shape index (κ1) is 15.2. The van der Waals surface area contributed by atoms with E-state index in [0.717, 1.165) is 33.0 Å². The molecule has 0 unspecified atom stereocenters. The Morgan fingerprint density at radius 2 is 2.00 bits per heavy atom. The first-order valence-electron chi connectivity index (χ1n) is 7.57. The van der Waals surface area contributed by atoms with Gasteiger partial charge < -0.3 is 9.88 Å². The Labute approximate surface area is 148 Å². The Hall–Kier alpha value is -2.37. The first-order chi connectivity index (χ1) is 11.7. The second-order valence-corrected chi connectivity index (χ2v) is 7.19. The molecule has 2 heterocycles. The summed E-state index contributed by atoms with van der Waals surface area (Å²) < 4.78 is 2.69. The van der Waals surface area contributed by atoms with Crippen LogP contribution in [0.25, 0.3) is 22.4 Å². The van der Waals surface area contributed by atoms with E-state index in [4.69, 9.17) is 16.6 Å². The summed E-state index contributed by atoms with van der Waals surface area (Å²) in [6.45, 7) is 0.703. The zero-order valence-electron chi connectivity index (χ0n) is 13.0. The summed E-state index contributed by atoms with van der Waals surface area (Å²) in [5.74, 6) is 0.969. The number of benzene rings is 2. The minimum atomic E-state index is 0.569. The molecule has 0 saturated heterocycles. The number of anilines is 1. The van der Waals surface area contributed by atoms with E-state index in [0.29, 0.717) is 11.0 Å². The van der Waals surface area contributed by atoms with E-state index >= 15 is 0 Å². The molecule has 120 valence electrons. The molecule has 0 fully saturated rings. The molecular weight excluding hydrogens is 340 g/mol. The lowest BCUT2D eigenvalue weighted by molar-refractivity contribution is 0.959. The number of hydrogen-bond donors (Lipinski definition) is 1. The third-order valence-corrected chi connectivity index (χ3v) is 5.02. The van der Waals surface area contributed by atoms with Gasteiger partial charge in [-0.3, -0.25) is 0 Å². The summed E-state index contributed by atoms with van der Waals surface area (Å²) >= 11 is 7.35. The highest BCUT2D eigenvalue weighted by Gasteiger charge is 2.10. The van der Waals surface area contributed by atoms with Gasteiger partial charge in [-0.2, -0.15) is 0 Å². The molecule has 1 N–H and O–H groups in total. The average molecular weight is 355 g/mol. The molecule has 0 atom stereocenters. The van der Waals surface area contributed by atoms with Crippen molar-refractivity contribution < 1.29 is 0 Å². The highest BCUT2D eigenvalue weighted by molar-refractivity contribution is 7.15. The van der Waals surface area contributed by atoms with Crippen molar-refractivity contribution in [2.75, 3.05) is 5.32 Å². The Balaban J connectivity index is 1.63. The van der Waals surface area contributed by atoms with Gasteiger partial charge in [0.2, 0.25) is 0 Å². The summed E-state index contributed by atoms with van der Waals surface area (Å²) in [5.41, 5.74) is 4.23. The van der Waals surface area contributed by atoms with Crippen LogP contribution < -0.4 is 5.32 Å². The molecule has 0 saturated carbocycles. The van der Waals surface area contributed by atoms with Crippen molar-refractivity contribution in [3.8, 4) is 11.4 Å². The topological polar surface area (TPSA) is 42.7 Å². The second-order valence-electron chi connectivity index (χ2n) is 5.50. The third kappa shape index (κ3) is 2.88. The van der Waals surface area contributed by atoms with Gasteiger partial charge >= 0.3 is 0 Å². The van der Waals surface area contributed by atoms with Crippen LogP contribution in [0.15, 0.2) is 54.7 Å². The number of thiazole rings is 1. The molecule has 0 aliphatic heterocycles. The summed E-state index contributed by atoms with van der Waals surface area (Å²) in [7, 11) is 2.05. The number of hydrogen-bond acceptors (Lipinski definition) is 4. The Morgan fingerprint density at radius 1 is 1.17 bits per heavy atom. The lowest BCUT2D eigenvalue weighted by Crippen LogP contribution is -1.97. The van der Waals surface area contributed by atoms with E-state index in [1.54, 1.807) is 6.20 Å². The quantitative estimate of drug-likeness (QED) is 0.563. The lowest BCUT2D eigenvalue weighted by atomic mass is 10.2. The standard InChI is InChI=1S/C18H15ClN4S/c1-23-16-8-7-13(20-10-14-11-21-18(19)24-14)9-15(16)22-17(23)12-5-3-2-4-6-12/h2-9,11,20H,10H2,1H3. The van der Waals surface area contributed by atoms with Gasteiger partial charge in [0.15, 0.2) is 4.47 Å². The number of fused-ring (bicyclic) bond motifs is 1. The van der Waals surface area contributed by atoms with E-state index in [1.807, 2.05) is 25.2 Å². The Bertz CT molecular complexity index is 991. The molecule has 6 heteroatoms. The minimum Gasteiger partial charge on any atom is -0.380 e. The maximum absolute atomic E-state index is 5.87. The fourth-order valence-corrected chi connectivity index (χ4v) is 3.63. The maximum atomic E-state index is 5.87. The van der Waals surface area contributed by atoms with Crippen molar-refractivity contribution >= 4 is 39.7 Å². The van der Waals surface area contributed by atoms with Crippen LogP contribution in [0.3, 0.4) is 0 Å². The molecule has 4 rings (SSSR count). The summed E-state index contributed by atoms with van der Waals surface area (Å²) in [6.07, 6.45) is 1.80. The molecule has 0 bridgehead atoms. The molecule has 2 aromatic carbocycles. The van der Waals surface area contributed by atoms with Crippen LogP contribution in [0.5, 0.6) is 0 Å². The number of aryl methyl sites for hydroxylation is 1. The SMILES string of the molecule is Cn1c(-c2ccccc2)nc2cc(NCc3cnc(Cl)s3)ccc21. The number of aromatic nitrogens is 3. The zero-order valence-corrected chi connectivity index (χ0v) is 14.6. The van der Waals surface area contributed by atoms with Crippen LogP contribution in [0.4, 0.5) is 5.69 Å². The Kier molecular flexibility index (Phi) is 3.96. The number of nitrogens with one attached hydrogen (secondary N) is 1. The molecule has 0 aliphatic carbocycles. The maximum Gasteiger partial charge on any atom is 0.183 e. The van der Waals surface area contributed by atoms with E-state index in [1.165, 1.54) is 11.3 Å². The number of imidazole rings is 1. The van der Waals surface area contributed by atoms with Crippen LogP contribution in [-0.4, -0.2) is 14.5 Å². The number of halogens is 1. The van der Waals surface area contributed by atoms with Crippen molar-refractivity contribution in [1.29, 1.82) is 0 Å². The van der Waals surface area contributed by atoms with Gasteiger partial charge in [0.05, 0.1) is 17.6 Å². The van der Waals surface area contributed by atoms with Crippen LogP contribution in [0.1, 0.15) is 4.88 Å². The van der Waals surface area contributed by atoms with E-state index in [-0.39, 0.29) is 0 Å². The van der Waals surface area contributed by atoms with Gasteiger partial charge in [0.1, 0.15) is 5.82 Å². The van der Waals surface area contributed by atoms with E-state index in [9.17, 15) is 0 Å². The summed E-state index contributed by atoms with van der Waals surface area (Å²) in [4.78, 5) is 9.95. The van der Waals surface area contributed by atoms with Gasteiger partial charge in [-0.15, -0.1) is 11.3 Å². The van der Waals surface area contributed by atoms with Crippen LogP contribution >= 0.6 is 22.9 Å². The van der Waals surface area contributed by atoms with E-state index in [2.05, 4.69) is 45.2 Å². The van der Waals surface area contributed by atoms with Gasteiger partial charge in [-0.05, 0) is 18.2 Å². The fourth-order valence-electron chi connectivity index (χ4n) is 2.71. The second kappa shape index (κ2) is 6.26. The molecule has 24 heavy (non-hydrogen) atoms. The van der Waals surface area contributed by atoms with Crippen LogP contribution in [0.2, 0.25) is 4.47 Å². The molecule has 0 radical (unpaired) electrons. The lowest BCUT2D eigenvalue weighted by Gasteiger charge is -2.05. The summed E-state index contributed by atoms with van der Waals surface area (Å²) in [6, 6.07) is 16.5. The molecule has 4 nitrogen and oxygen atoms in total. The van der Waals surface area contributed by atoms with Gasteiger partial charge in [-0.1, -0.05) is 41.9 Å². The number of rotatable bonds is 4. The monoisotopic (exact) mass is 354 g/mol.